The van der Waals surface area contributed by atoms with Crippen LogP contribution in [0.15, 0.2) is 36.4 Å². The molecule has 2 aromatic rings. The van der Waals surface area contributed by atoms with Crippen LogP contribution in [0.5, 0.6) is 5.75 Å². The standard InChI is InChI=1S/C11H8O2.Ni/c12-7-10-9-4-2-1-3-8(9)5-6-11(10)13;/h1-7,13H;. The zero-order chi connectivity index (χ0) is 9.26. The Hall–Kier alpha value is -1.34. The molecular formula is C11H8NiO2. The number of aldehydes is 1. The smallest absolute Gasteiger partial charge is 0.154 e. The van der Waals surface area contributed by atoms with Crippen LogP contribution < -0.4 is 0 Å². The number of phenolic OH excluding ortho intramolecular Hbond substituents is 1. The molecule has 0 fully saturated rings. The van der Waals surface area contributed by atoms with E-state index in [9.17, 15) is 9.90 Å². The van der Waals surface area contributed by atoms with Gasteiger partial charge in [0.2, 0.25) is 0 Å². The molecule has 74 valence electrons. The molecule has 1 N–H and O–H groups in total. The Kier molecular flexibility index (Phi) is 3.26. The third-order valence-electron chi connectivity index (χ3n) is 2.07. The van der Waals surface area contributed by atoms with Crippen LogP contribution in [0.4, 0.5) is 0 Å². The fraction of sp³-hybridized carbons (Fsp3) is 0. The average Bonchev–Trinajstić information content (AvgIpc) is 2.18. The van der Waals surface area contributed by atoms with Gasteiger partial charge < -0.3 is 5.11 Å². The van der Waals surface area contributed by atoms with Gasteiger partial charge in [0.1, 0.15) is 5.75 Å². The minimum Gasteiger partial charge on any atom is -0.507 e. The molecule has 2 rings (SSSR count). The summed E-state index contributed by atoms with van der Waals surface area (Å²) in [6.07, 6.45) is 0.678. The van der Waals surface area contributed by atoms with E-state index < -0.39 is 0 Å². The van der Waals surface area contributed by atoms with E-state index in [1.807, 2.05) is 24.3 Å². The minimum absolute atomic E-state index is 0. The molecule has 0 saturated heterocycles. The summed E-state index contributed by atoms with van der Waals surface area (Å²) in [6, 6.07) is 10.8. The molecule has 0 radical (unpaired) electrons. The first-order chi connectivity index (χ1) is 6.33. The average molecular weight is 231 g/mol. The Morgan fingerprint density at radius 2 is 1.79 bits per heavy atom. The van der Waals surface area contributed by atoms with Crippen LogP contribution in [0.3, 0.4) is 0 Å². The largest absolute Gasteiger partial charge is 0.507 e. The van der Waals surface area contributed by atoms with Gasteiger partial charge in [-0.1, -0.05) is 30.3 Å². The summed E-state index contributed by atoms with van der Waals surface area (Å²) in [5.41, 5.74) is 0.359. The zero-order valence-electron chi connectivity index (χ0n) is 7.21. The van der Waals surface area contributed by atoms with Crippen LogP contribution in [0.1, 0.15) is 10.4 Å². The first-order valence-corrected chi connectivity index (χ1v) is 3.99. The molecule has 0 atom stereocenters. The van der Waals surface area contributed by atoms with Crippen LogP contribution in [0, 0.1) is 0 Å². The fourth-order valence-corrected chi connectivity index (χ4v) is 1.41. The SMILES string of the molecule is O=Cc1c(O)ccc2ccccc12.[Ni]. The van der Waals surface area contributed by atoms with Crippen LogP contribution >= 0.6 is 0 Å². The topological polar surface area (TPSA) is 37.3 Å². The van der Waals surface area contributed by atoms with E-state index >= 15 is 0 Å². The van der Waals surface area contributed by atoms with Gasteiger partial charge in [0.25, 0.3) is 0 Å². The number of hydrogen-bond acceptors (Lipinski definition) is 2. The van der Waals surface area contributed by atoms with Crippen molar-refractivity contribution >= 4 is 17.1 Å². The van der Waals surface area contributed by atoms with Gasteiger partial charge in [0.15, 0.2) is 6.29 Å². The van der Waals surface area contributed by atoms with Crippen molar-refractivity contribution in [1.82, 2.24) is 0 Å². The Morgan fingerprint density at radius 3 is 2.50 bits per heavy atom. The van der Waals surface area contributed by atoms with E-state index in [0.717, 1.165) is 10.8 Å². The van der Waals surface area contributed by atoms with Gasteiger partial charge in [-0.15, -0.1) is 0 Å². The molecule has 0 bridgehead atoms. The van der Waals surface area contributed by atoms with Crippen molar-refractivity contribution in [3.63, 3.8) is 0 Å². The number of benzene rings is 2. The van der Waals surface area contributed by atoms with Crippen molar-refractivity contribution in [3.05, 3.63) is 42.0 Å². The molecule has 0 saturated carbocycles. The number of phenols is 1. The molecule has 0 aliphatic rings. The number of fused-ring (bicyclic) bond motifs is 1. The minimum atomic E-state index is 0. The number of hydrogen-bond donors (Lipinski definition) is 1. The van der Waals surface area contributed by atoms with E-state index in [2.05, 4.69) is 0 Å². The summed E-state index contributed by atoms with van der Waals surface area (Å²) in [5.74, 6) is 0.0358. The summed E-state index contributed by atoms with van der Waals surface area (Å²) < 4.78 is 0. The van der Waals surface area contributed by atoms with Crippen molar-refractivity contribution in [3.8, 4) is 5.75 Å². The normalized spacial score (nSPS) is 9.43. The second kappa shape index (κ2) is 4.25. The Morgan fingerprint density at radius 1 is 1.07 bits per heavy atom. The summed E-state index contributed by atoms with van der Waals surface area (Å²) in [4.78, 5) is 10.7. The fourth-order valence-electron chi connectivity index (χ4n) is 1.41. The van der Waals surface area contributed by atoms with E-state index in [1.165, 1.54) is 6.07 Å². The molecule has 0 amide bonds. The van der Waals surface area contributed by atoms with Crippen molar-refractivity contribution in [2.75, 3.05) is 0 Å². The summed E-state index contributed by atoms with van der Waals surface area (Å²) in [5, 5.41) is 11.1. The summed E-state index contributed by atoms with van der Waals surface area (Å²) in [7, 11) is 0. The molecule has 0 heterocycles. The maximum Gasteiger partial charge on any atom is 0.154 e. The van der Waals surface area contributed by atoms with Gasteiger partial charge in [0.05, 0.1) is 5.56 Å². The van der Waals surface area contributed by atoms with Crippen molar-refractivity contribution in [2.24, 2.45) is 0 Å². The van der Waals surface area contributed by atoms with Crippen molar-refractivity contribution in [2.45, 2.75) is 0 Å². The Bertz CT molecular complexity index is 466. The molecule has 0 unspecified atom stereocenters. The molecular weight excluding hydrogens is 223 g/mol. The van der Waals surface area contributed by atoms with Gasteiger partial charge in [-0.25, -0.2) is 0 Å². The van der Waals surface area contributed by atoms with Gasteiger partial charge in [-0.2, -0.15) is 0 Å². The monoisotopic (exact) mass is 230 g/mol. The molecule has 14 heavy (non-hydrogen) atoms. The van der Waals surface area contributed by atoms with Crippen LogP contribution in [-0.2, 0) is 16.5 Å². The van der Waals surface area contributed by atoms with Crippen molar-refractivity contribution < 1.29 is 26.4 Å². The predicted molar refractivity (Wildman–Crippen MR) is 51.0 cm³/mol. The van der Waals surface area contributed by atoms with Gasteiger partial charge in [-0.05, 0) is 16.8 Å². The molecule has 2 nitrogen and oxygen atoms in total. The van der Waals surface area contributed by atoms with Crippen molar-refractivity contribution in [1.29, 1.82) is 0 Å². The Labute approximate surface area is 91.5 Å². The van der Waals surface area contributed by atoms with Gasteiger partial charge in [0, 0.05) is 16.5 Å². The van der Waals surface area contributed by atoms with E-state index in [-0.39, 0.29) is 22.2 Å². The molecule has 2 aromatic carbocycles. The molecule has 0 aliphatic heterocycles. The first-order valence-electron chi connectivity index (χ1n) is 3.99. The predicted octanol–water partition coefficient (Wildman–Crippen LogP) is 2.36. The van der Waals surface area contributed by atoms with Gasteiger partial charge in [-0.3, -0.25) is 4.79 Å². The third kappa shape index (κ3) is 1.64. The maximum absolute atomic E-state index is 10.7. The number of carbonyl (C=O) groups excluding carboxylic acids is 1. The van der Waals surface area contributed by atoms with Crippen LogP contribution in [0.25, 0.3) is 10.8 Å². The third-order valence-corrected chi connectivity index (χ3v) is 2.07. The number of rotatable bonds is 1. The maximum atomic E-state index is 10.7. The second-order valence-corrected chi connectivity index (χ2v) is 2.84. The number of carbonyl (C=O) groups is 1. The van der Waals surface area contributed by atoms with E-state index in [0.29, 0.717) is 11.8 Å². The van der Waals surface area contributed by atoms with Gasteiger partial charge >= 0.3 is 0 Å². The molecule has 0 aromatic heterocycles. The van der Waals surface area contributed by atoms with E-state index in [1.54, 1.807) is 6.07 Å². The van der Waals surface area contributed by atoms with Crippen LogP contribution in [0.2, 0.25) is 0 Å². The van der Waals surface area contributed by atoms with Crippen LogP contribution in [-0.4, -0.2) is 11.4 Å². The second-order valence-electron chi connectivity index (χ2n) is 2.84. The molecule has 0 aliphatic carbocycles. The molecule has 0 spiro atoms. The molecule has 3 heteroatoms. The summed E-state index contributed by atoms with van der Waals surface area (Å²) in [6.45, 7) is 0. The Balaban J connectivity index is 0.000000980. The summed E-state index contributed by atoms with van der Waals surface area (Å²) >= 11 is 0. The number of aromatic hydroxyl groups is 1. The van der Waals surface area contributed by atoms with E-state index in [4.69, 9.17) is 0 Å². The quantitative estimate of drug-likeness (QED) is 0.604. The zero-order valence-corrected chi connectivity index (χ0v) is 8.20. The first kappa shape index (κ1) is 10.7.